The van der Waals surface area contributed by atoms with Crippen molar-refractivity contribution in [2.24, 2.45) is 11.3 Å². The average Bonchev–Trinajstić information content (AvgIpc) is 3.09. The second-order valence-electron chi connectivity index (χ2n) is 8.51. The van der Waals surface area contributed by atoms with Crippen LogP contribution in [-0.2, 0) is 9.59 Å². The molecule has 146 valence electrons. The predicted octanol–water partition coefficient (Wildman–Crippen LogP) is 3.80. The molecule has 0 saturated carbocycles. The Kier molecular flexibility index (Phi) is 5.84. The molecule has 1 N–H and O–H groups in total. The standard InChI is InChI=1S/C21H29N3O2S/c1-14(19-23-16-9-5-6-10-17(16)27-19)12-22-18(25)15-8-7-11-24(13-15)20(26)21(2,3)4/h5-6,9-10,14-15H,7-8,11-13H2,1-4H3,(H,22,25). The first kappa shape index (κ1) is 19.8. The summed E-state index contributed by atoms with van der Waals surface area (Å²) in [7, 11) is 0. The van der Waals surface area contributed by atoms with Crippen molar-refractivity contribution in [2.75, 3.05) is 19.6 Å². The average molecular weight is 388 g/mol. The van der Waals surface area contributed by atoms with Crippen molar-refractivity contribution in [1.29, 1.82) is 0 Å². The van der Waals surface area contributed by atoms with E-state index in [2.05, 4.69) is 23.3 Å². The van der Waals surface area contributed by atoms with Gasteiger partial charge in [-0.2, -0.15) is 0 Å². The van der Waals surface area contributed by atoms with Gasteiger partial charge in [0.1, 0.15) is 0 Å². The van der Waals surface area contributed by atoms with E-state index >= 15 is 0 Å². The van der Waals surface area contributed by atoms with E-state index in [9.17, 15) is 9.59 Å². The first-order valence-electron chi connectivity index (χ1n) is 9.68. The van der Waals surface area contributed by atoms with E-state index in [4.69, 9.17) is 0 Å². The molecular weight excluding hydrogens is 358 g/mol. The third kappa shape index (κ3) is 4.67. The van der Waals surface area contributed by atoms with Gasteiger partial charge < -0.3 is 10.2 Å². The van der Waals surface area contributed by atoms with Crippen LogP contribution >= 0.6 is 11.3 Å². The van der Waals surface area contributed by atoms with E-state index < -0.39 is 5.41 Å². The summed E-state index contributed by atoms with van der Waals surface area (Å²) in [5, 5.41) is 4.13. The van der Waals surface area contributed by atoms with Gasteiger partial charge >= 0.3 is 0 Å². The van der Waals surface area contributed by atoms with Gasteiger partial charge in [-0.1, -0.05) is 39.8 Å². The molecule has 3 rings (SSSR count). The Morgan fingerprint density at radius 2 is 2.07 bits per heavy atom. The minimum absolute atomic E-state index is 0.0503. The quantitative estimate of drug-likeness (QED) is 0.868. The number of thiazole rings is 1. The molecule has 1 aromatic heterocycles. The number of rotatable bonds is 4. The van der Waals surface area contributed by atoms with Gasteiger partial charge in [0, 0.05) is 31.0 Å². The third-order valence-electron chi connectivity index (χ3n) is 5.04. The zero-order valence-electron chi connectivity index (χ0n) is 16.6. The highest BCUT2D eigenvalue weighted by molar-refractivity contribution is 7.18. The number of fused-ring (bicyclic) bond motifs is 1. The third-order valence-corrected chi connectivity index (χ3v) is 6.30. The first-order valence-corrected chi connectivity index (χ1v) is 10.5. The van der Waals surface area contributed by atoms with Gasteiger partial charge in [0.25, 0.3) is 0 Å². The Balaban J connectivity index is 1.56. The van der Waals surface area contributed by atoms with Crippen LogP contribution in [0.2, 0.25) is 0 Å². The molecule has 6 heteroatoms. The van der Waals surface area contributed by atoms with E-state index in [1.165, 1.54) is 4.70 Å². The van der Waals surface area contributed by atoms with Crippen LogP contribution in [0.4, 0.5) is 0 Å². The van der Waals surface area contributed by atoms with Gasteiger partial charge in [-0.25, -0.2) is 4.98 Å². The summed E-state index contributed by atoms with van der Waals surface area (Å²) in [6, 6.07) is 8.10. The van der Waals surface area contributed by atoms with Gasteiger partial charge in [-0.15, -0.1) is 11.3 Å². The van der Waals surface area contributed by atoms with Crippen LogP contribution in [-0.4, -0.2) is 41.3 Å². The largest absolute Gasteiger partial charge is 0.355 e. The summed E-state index contributed by atoms with van der Waals surface area (Å²) in [5.74, 6) is 0.229. The fraction of sp³-hybridized carbons (Fsp3) is 0.571. The highest BCUT2D eigenvalue weighted by Crippen LogP contribution is 2.27. The van der Waals surface area contributed by atoms with Gasteiger partial charge in [-0.3, -0.25) is 9.59 Å². The number of para-hydroxylation sites is 1. The molecule has 2 amide bonds. The highest BCUT2D eigenvalue weighted by Gasteiger charge is 2.33. The van der Waals surface area contributed by atoms with Gasteiger partial charge in [0.15, 0.2) is 0 Å². The molecule has 2 heterocycles. The Morgan fingerprint density at radius 3 is 2.78 bits per heavy atom. The van der Waals surface area contributed by atoms with Gasteiger partial charge in [0.05, 0.1) is 21.1 Å². The van der Waals surface area contributed by atoms with Gasteiger partial charge in [-0.05, 0) is 25.0 Å². The van der Waals surface area contributed by atoms with Crippen molar-refractivity contribution < 1.29 is 9.59 Å². The topological polar surface area (TPSA) is 62.3 Å². The van der Waals surface area contributed by atoms with Crippen molar-refractivity contribution in [1.82, 2.24) is 15.2 Å². The first-order chi connectivity index (χ1) is 12.8. The second kappa shape index (κ2) is 7.97. The number of benzene rings is 1. The van der Waals surface area contributed by atoms with Crippen LogP contribution in [0, 0.1) is 11.3 Å². The number of piperidine rings is 1. The number of carbonyl (C=O) groups is 2. The molecule has 1 saturated heterocycles. The van der Waals surface area contributed by atoms with E-state index in [0.29, 0.717) is 13.1 Å². The molecule has 27 heavy (non-hydrogen) atoms. The summed E-state index contributed by atoms with van der Waals surface area (Å²) in [6.07, 6.45) is 1.72. The maximum absolute atomic E-state index is 12.7. The molecule has 1 aromatic carbocycles. The van der Waals surface area contributed by atoms with Crippen molar-refractivity contribution in [3.05, 3.63) is 29.3 Å². The lowest BCUT2D eigenvalue weighted by Crippen LogP contribution is -2.49. The minimum atomic E-state index is -0.403. The summed E-state index contributed by atoms with van der Waals surface area (Å²) in [6.45, 7) is 9.73. The molecule has 1 aliphatic rings. The van der Waals surface area contributed by atoms with Crippen molar-refractivity contribution in [3.8, 4) is 0 Å². The lowest BCUT2D eigenvalue weighted by atomic mass is 9.91. The minimum Gasteiger partial charge on any atom is -0.355 e. The molecular formula is C21H29N3O2S. The summed E-state index contributed by atoms with van der Waals surface area (Å²) < 4.78 is 1.18. The normalized spacial score (nSPS) is 19.1. The van der Waals surface area contributed by atoms with Crippen molar-refractivity contribution in [2.45, 2.75) is 46.5 Å². The van der Waals surface area contributed by atoms with Crippen LogP contribution in [0.15, 0.2) is 24.3 Å². The molecule has 2 aromatic rings. The maximum atomic E-state index is 12.7. The summed E-state index contributed by atoms with van der Waals surface area (Å²) >= 11 is 1.68. The number of aromatic nitrogens is 1. The molecule has 0 radical (unpaired) electrons. The zero-order valence-corrected chi connectivity index (χ0v) is 17.4. The number of nitrogens with one attached hydrogen (secondary N) is 1. The molecule has 2 atom stereocenters. The molecule has 5 nitrogen and oxygen atoms in total. The number of likely N-dealkylation sites (tertiary alicyclic amines) is 1. The van der Waals surface area contributed by atoms with E-state index in [-0.39, 0.29) is 23.7 Å². The molecule has 1 aliphatic heterocycles. The number of carbonyl (C=O) groups excluding carboxylic acids is 2. The van der Waals surface area contributed by atoms with Crippen LogP contribution in [0.25, 0.3) is 10.2 Å². The number of nitrogens with zero attached hydrogens (tertiary/aromatic N) is 2. The molecule has 0 bridgehead atoms. The summed E-state index contributed by atoms with van der Waals surface area (Å²) in [4.78, 5) is 31.7. The molecule has 1 fully saturated rings. The number of hydrogen-bond donors (Lipinski definition) is 1. The van der Waals surface area contributed by atoms with E-state index in [1.807, 2.05) is 43.9 Å². The fourth-order valence-electron chi connectivity index (χ4n) is 3.44. The summed E-state index contributed by atoms with van der Waals surface area (Å²) in [5.41, 5.74) is 0.610. The molecule has 2 unspecified atom stereocenters. The van der Waals surface area contributed by atoms with Gasteiger partial charge in [0.2, 0.25) is 11.8 Å². The fourth-order valence-corrected chi connectivity index (χ4v) is 4.45. The number of amides is 2. The lowest BCUT2D eigenvalue weighted by Gasteiger charge is -2.36. The Hall–Kier alpha value is -1.95. The highest BCUT2D eigenvalue weighted by atomic mass is 32.1. The predicted molar refractivity (Wildman–Crippen MR) is 110 cm³/mol. The number of hydrogen-bond acceptors (Lipinski definition) is 4. The molecule has 0 aliphatic carbocycles. The lowest BCUT2D eigenvalue weighted by molar-refractivity contribution is -0.142. The monoisotopic (exact) mass is 387 g/mol. The zero-order chi connectivity index (χ0) is 19.6. The second-order valence-corrected chi connectivity index (χ2v) is 9.57. The van der Waals surface area contributed by atoms with E-state index in [0.717, 1.165) is 29.9 Å². The van der Waals surface area contributed by atoms with Crippen LogP contribution < -0.4 is 5.32 Å². The van der Waals surface area contributed by atoms with Crippen LogP contribution in [0.1, 0.15) is 51.5 Å². The smallest absolute Gasteiger partial charge is 0.227 e. The van der Waals surface area contributed by atoms with E-state index in [1.54, 1.807) is 11.3 Å². The Morgan fingerprint density at radius 1 is 1.33 bits per heavy atom. The van der Waals surface area contributed by atoms with Crippen LogP contribution in [0.5, 0.6) is 0 Å². The Labute approximate surface area is 165 Å². The van der Waals surface area contributed by atoms with Crippen molar-refractivity contribution in [3.63, 3.8) is 0 Å². The Bertz CT molecular complexity index is 791. The molecule has 0 spiro atoms. The van der Waals surface area contributed by atoms with Crippen LogP contribution in [0.3, 0.4) is 0 Å². The maximum Gasteiger partial charge on any atom is 0.227 e. The van der Waals surface area contributed by atoms with Crippen molar-refractivity contribution >= 4 is 33.4 Å². The SMILES string of the molecule is CC(CNC(=O)C1CCCN(C(=O)C(C)(C)C)C1)c1nc2ccccc2s1.